The fraction of sp³-hybridized carbons (Fsp3) is 0.846. The SMILES string of the molecule is CNC(=O)C(C)(C)CN=C(N)NC1CCCCC1. The molecule has 0 heterocycles. The summed E-state index contributed by atoms with van der Waals surface area (Å²) in [7, 11) is 1.64. The van der Waals surface area contributed by atoms with E-state index < -0.39 is 5.41 Å². The predicted octanol–water partition coefficient (Wildman–Crippen LogP) is 0.996. The molecule has 4 N–H and O–H groups in total. The van der Waals surface area contributed by atoms with Crippen LogP contribution >= 0.6 is 0 Å². The van der Waals surface area contributed by atoms with E-state index >= 15 is 0 Å². The first kappa shape index (κ1) is 14.8. The fourth-order valence-electron chi connectivity index (χ4n) is 2.19. The Labute approximate surface area is 110 Å². The third-order valence-electron chi connectivity index (χ3n) is 3.44. The highest BCUT2D eigenvalue weighted by atomic mass is 16.2. The normalized spacial score (nSPS) is 18.5. The fourth-order valence-corrected chi connectivity index (χ4v) is 2.19. The molecule has 1 amide bonds. The zero-order chi connectivity index (χ0) is 13.6. The van der Waals surface area contributed by atoms with Crippen molar-refractivity contribution in [2.24, 2.45) is 16.1 Å². The van der Waals surface area contributed by atoms with Gasteiger partial charge in [0.25, 0.3) is 0 Å². The lowest BCUT2D eigenvalue weighted by atomic mass is 9.92. The topological polar surface area (TPSA) is 79.5 Å². The van der Waals surface area contributed by atoms with Crippen LogP contribution in [-0.4, -0.2) is 31.5 Å². The molecule has 0 aromatic rings. The van der Waals surface area contributed by atoms with Gasteiger partial charge in [-0.25, -0.2) is 0 Å². The van der Waals surface area contributed by atoms with Crippen LogP contribution in [0.15, 0.2) is 4.99 Å². The van der Waals surface area contributed by atoms with Gasteiger partial charge >= 0.3 is 0 Å². The molecule has 1 rings (SSSR count). The summed E-state index contributed by atoms with van der Waals surface area (Å²) in [6, 6.07) is 0.450. The van der Waals surface area contributed by atoms with Crippen molar-refractivity contribution < 1.29 is 4.79 Å². The Hall–Kier alpha value is -1.26. The summed E-state index contributed by atoms with van der Waals surface area (Å²) in [5, 5.41) is 5.89. The number of aliphatic imine (C=N–C) groups is 1. The van der Waals surface area contributed by atoms with Gasteiger partial charge in [0, 0.05) is 13.1 Å². The van der Waals surface area contributed by atoms with Gasteiger partial charge in [0.15, 0.2) is 5.96 Å². The lowest BCUT2D eigenvalue weighted by Gasteiger charge is -2.24. The molecule has 18 heavy (non-hydrogen) atoms. The van der Waals surface area contributed by atoms with Gasteiger partial charge in [-0.3, -0.25) is 9.79 Å². The maximum atomic E-state index is 11.6. The zero-order valence-corrected chi connectivity index (χ0v) is 11.8. The highest BCUT2D eigenvalue weighted by Crippen LogP contribution is 2.17. The number of nitrogens with zero attached hydrogens (tertiary/aromatic N) is 1. The molecule has 0 saturated heterocycles. The Morgan fingerprint density at radius 2 is 1.94 bits per heavy atom. The van der Waals surface area contributed by atoms with Crippen LogP contribution in [0.4, 0.5) is 0 Å². The maximum Gasteiger partial charge on any atom is 0.227 e. The number of nitrogens with two attached hydrogens (primary N) is 1. The summed E-state index contributed by atoms with van der Waals surface area (Å²) < 4.78 is 0. The van der Waals surface area contributed by atoms with Gasteiger partial charge in [-0.15, -0.1) is 0 Å². The van der Waals surface area contributed by atoms with Gasteiger partial charge in [0.05, 0.1) is 12.0 Å². The smallest absolute Gasteiger partial charge is 0.227 e. The quantitative estimate of drug-likeness (QED) is 0.517. The summed E-state index contributed by atoms with van der Waals surface area (Å²) in [6.07, 6.45) is 6.16. The lowest BCUT2D eigenvalue weighted by Crippen LogP contribution is -2.42. The molecule has 5 heteroatoms. The second kappa shape index (κ2) is 6.61. The molecular weight excluding hydrogens is 228 g/mol. The number of carbonyl (C=O) groups is 1. The van der Waals surface area contributed by atoms with Crippen molar-refractivity contribution in [3.8, 4) is 0 Å². The number of rotatable bonds is 4. The standard InChI is InChI=1S/C13H26N4O/c1-13(2,11(18)15-3)9-16-12(14)17-10-7-5-4-6-8-10/h10H,4-9H2,1-3H3,(H,15,18)(H3,14,16,17). The first-order valence-electron chi connectivity index (χ1n) is 6.74. The molecule has 1 aliphatic carbocycles. The number of amides is 1. The van der Waals surface area contributed by atoms with Crippen LogP contribution in [0.1, 0.15) is 46.0 Å². The van der Waals surface area contributed by atoms with Crippen LogP contribution in [0.25, 0.3) is 0 Å². The van der Waals surface area contributed by atoms with Crippen molar-refractivity contribution >= 4 is 11.9 Å². The first-order valence-corrected chi connectivity index (χ1v) is 6.74. The first-order chi connectivity index (χ1) is 8.45. The van der Waals surface area contributed by atoms with Crippen molar-refractivity contribution in [1.29, 1.82) is 0 Å². The molecule has 5 nitrogen and oxygen atoms in total. The minimum Gasteiger partial charge on any atom is -0.370 e. The number of nitrogens with one attached hydrogen (secondary N) is 2. The second-order valence-corrected chi connectivity index (χ2v) is 5.64. The molecule has 0 aromatic carbocycles. The summed E-state index contributed by atoms with van der Waals surface area (Å²) in [5.41, 5.74) is 5.34. The van der Waals surface area contributed by atoms with E-state index in [1.807, 2.05) is 13.8 Å². The van der Waals surface area contributed by atoms with E-state index in [0.717, 1.165) is 12.8 Å². The molecule has 0 unspecified atom stereocenters. The average molecular weight is 254 g/mol. The van der Waals surface area contributed by atoms with Gasteiger partial charge in [0.2, 0.25) is 5.91 Å². The zero-order valence-electron chi connectivity index (χ0n) is 11.8. The summed E-state index contributed by atoms with van der Waals surface area (Å²) >= 11 is 0. The van der Waals surface area contributed by atoms with E-state index in [0.29, 0.717) is 18.5 Å². The van der Waals surface area contributed by atoms with Crippen molar-refractivity contribution in [3.05, 3.63) is 0 Å². The van der Waals surface area contributed by atoms with E-state index in [-0.39, 0.29) is 5.91 Å². The van der Waals surface area contributed by atoms with Crippen LogP contribution in [0, 0.1) is 5.41 Å². The number of hydrogen-bond donors (Lipinski definition) is 3. The van der Waals surface area contributed by atoms with E-state index in [9.17, 15) is 4.79 Å². The summed E-state index contributed by atoms with van der Waals surface area (Å²) in [4.78, 5) is 15.9. The molecule has 1 fully saturated rings. The Bertz CT molecular complexity index is 306. The molecule has 0 aliphatic heterocycles. The van der Waals surface area contributed by atoms with Gasteiger partial charge in [0.1, 0.15) is 0 Å². The molecule has 1 saturated carbocycles. The Morgan fingerprint density at radius 1 is 1.33 bits per heavy atom. The van der Waals surface area contributed by atoms with E-state index in [1.54, 1.807) is 7.05 Å². The number of hydrogen-bond acceptors (Lipinski definition) is 2. The highest BCUT2D eigenvalue weighted by molar-refractivity contribution is 5.83. The van der Waals surface area contributed by atoms with Crippen molar-refractivity contribution in [1.82, 2.24) is 10.6 Å². The molecular formula is C13H26N4O. The minimum atomic E-state index is -0.520. The summed E-state index contributed by atoms with van der Waals surface area (Å²) in [6.45, 7) is 4.13. The lowest BCUT2D eigenvalue weighted by molar-refractivity contribution is -0.128. The molecule has 1 aliphatic rings. The second-order valence-electron chi connectivity index (χ2n) is 5.64. The Kier molecular flexibility index (Phi) is 5.44. The van der Waals surface area contributed by atoms with Crippen LogP contribution < -0.4 is 16.4 Å². The van der Waals surface area contributed by atoms with Crippen molar-refractivity contribution in [2.45, 2.75) is 52.0 Å². The minimum absolute atomic E-state index is 0.0169. The van der Waals surface area contributed by atoms with Crippen LogP contribution in [0.5, 0.6) is 0 Å². The largest absolute Gasteiger partial charge is 0.370 e. The molecule has 0 bridgehead atoms. The van der Waals surface area contributed by atoms with Crippen LogP contribution in [-0.2, 0) is 4.79 Å². The van der Waals surface area contributed by atoms with E-state index in [1.165, 1.54) is 19.3 Å². The molecule has 0 aromatic heterocycles. The van der Waals surface area contributed by atoms with Crippen molar-refractivity contribution in [2.75, 3.05) is 13.6 Å². The highest BCUT2D eigenvalue weighted by Gasteiger charge is 2.26. The van der Waals surface area contributed by atoms with Gasteiger partial charge in [-0.1, -0.05) is 19.3 Å². The van der Waals surface area contributed by atoms with Crippen LogP contribution in [0.3, 0.4) is 0 Å². The molecule has 0 radical (unpaired) electrons. The van der Waals surface area contributed by atoms with Gasteiger partial charge in [-0.05, 0) is 26.7 Å². The third-order valence-corrected chi connectivity index (χ3v) is 3.44. The molecule has 104 valence electrons. The maximum absolute atomic E-state index is 11.6. The Morgan fingerprint density at radius 3 is 2.50 bits per heavy atom. The monoisotopic (exact) mass is 254 g/mol. The van der Waals surface area contributed by atoms with Crippen LogP contribution in [0.2, 0.25) is 0 Å². The molecule has 0 atom stereocenters. The van der Waals surface area contributed by atoms with Crippen molar-refractivity contribution in [3.63, 3.8) is 0 Å². The number of guanidine groups is 1. The number of carbonyl (C=O) groups excluding carboxylic acids is 1. The third kappa shape index (κ3) is 4.55. The Balaban J connectivity index is 2.43. The predicted molar refractivity (Wildman–Crippen MR) is 74.3 cm³/mol. The average Bonchev–Trinajstić information content (AvgIpc) is 2.36. The van der Waals surface area contributed by atoms with E-state index in [4.69, 9.17) is 5.73 Å². The summed E-state index contributed by atoms with van der Waals surface area (Å²) in [5.74, 6) is 0.440. The molecule has 0 spiro atoms. The van der Waals surface area contributed by atoms with E-state index in [2.05, 4.69) is 15.6 Å². The van der Waals surface area contributed by atoms with Gasteiger partial charge in [-0.2, -0.15) is 0 Å². The van der Waals surface area contributed by atoms with Gasteiger partial charge < -0.3 is 16.4 Å².